The number of aryl methyl sites for hydroxylation is 1. The van der Waals surface area contributed by atoms with Crippen molar-refractivity contribution in [2.45, 2.75) is 19.5 Å². The molecule has 0 aliphatic carbocycles. The second-order valence-electron chi connectivity index (χ2n) is 4.44. The van der Waals surface area contributed by atoms with Gasteiger partial charge in [0.05, 0.1) is 18.7 Å². The van der Waals surface area contributed by atoms with Crippen molar-refractivity contribution in [3.8, 4) is 11.8 Å². The summed E-state index contributed by atoms with van der Waals surface area (Å²) in [5, 5.41) is 16.4. The second kappa shape index (κ2) is 7.31. The largest absolute Gasteiger partial charge is 0.496 e. The van der Waals surface area contributed by atoms with Crippen molar-refractivity contribution >= 4 is 0 Å². The number of benzene rings is 1. The van der Waals surface area contributed by atoms with Crippen LogP contribution in [0.2, 0.25) is 0 Å². The van der Waals surface area contributed by atoms with Crippen LogP contribution in [0, 0.1) is 11.3 Å². The monoisotopic (exact) mass is 270 g/mol. The molecule has 0 aliphatic heterocycles. The molecule has 0 saturated heterocycles. The van der Waals surface area contributed by atoms with Gasteiger partial charge in [-0.3, -0.25) is 4.68 Å². The Morgan fingerprint density at radius 3 is 3.05 bits per heavy atom. The van der Waals surface area contributed by atoms with Crippen LogP contribution in [0.1, 0.15) is 17.5 Å². The Morgan fingerprint density at radius 2 is 2.35 bits per heavy atom. The van der Waals surface area contributed by atoms with Crippen LogP contribution in [-0.2, 0) is 13.1 Å². The average Bonchev–Trinajstić information content (AvgIpc) is 3.00. The highest BCUT2D eigenvalue weighted by Gasteiger charge is 2.04. The average molecular weight is 270 g/mol. The number of ether oxygens (including phenoxy) is 1. The smallest absolute Gasteiger partial charge is 0.123 e. The second-order valence-corrected chi connectivity index (χ2v) is 4.44. The Labute approximate surface area is 118 Å². The van der Waals surface area contributed by atoms with Gasteiger partial charge >= 0.3 is 0 Å². The van der Waals surface area contributed by atoms with Crippen LogP contribution in [0.3, 0.4) is 0 Å². The van der Waals surface area contributed by atoms with Crippen LogP contribution in [0.4, 0.5) is 0 Å². The molecule has 0 bridgehead atoms. The molecule has 20 heavy (non-hydrogen) atoms. The minimum Gasteiger partial charge on any atom is -0.496 e. The SMILES string of the molecule is COc1ccc(C#N)cc1CNCCCn1cccn1. The van der Waals surface area contributed by atoms with E-state index >= 15 is 0 Å². The Balaban J connectivity index is 1.80. The fourth-order valence-electron chi connectivity index (χ4n) is 2.01. The summed E-state index contributed by atoms with van der Waals surface area (Å²) in [4.78, 5) is 0. The normalized spacial score (nSPS) is 10.2. The molecule has 0 amide bonds. The van der Waals surface area contributed by atoms with Crippen LogP contribution >= 0.6 is 0 Å². The molecule has 1 N–H and O–H groups in total. The molecule has 2 rings (SSSR count). The van der Waals surface area contributed by atoms with E-state index in [1.165, 1.54) is 0 Å². The van der Waals surface area contributed by atoms with E-state index in [4.69, 9.17) is 10.00 Å². The Hall–Kier alpha value is -2.32. The molecule has 1 aromatic heterocycles. The summed E-state index contributed by atoms with van der Waals surface area (Å²) in [5.41, 5.74) is 1.66. The minimum atomic E-state index is 0.652. The van der Waals surface area contributed by atoms with Gasteiger partial charge in [-0.25, -0.2) is 0 Å². The number of hydrogen-bond acceptors (Lipinski definition) is 4. The predicted molar refractivity (Wildman–Crippen MR) is 76.3 cm³/mol. The fourth-order valence-corrected chi connectivity index (χ4v) is 2.01. The molecule has 5 heteroatoms. The van der Waals surface area contributed by atoms with Gasteiger partial charge in [-0.2, -0.15) is 10.4 Å². The zero-order valence-corrected chi connectivity index (χ0v) is 11.5. The van der Waals surface area contributed by atoms with Crippen molar-refractivity contribution in [1.29, 1.82) is 5.26 Å². The summed E-state index contributed by atoms with van der Waals surface area (Å²) in [6.07, 6.45) is 4.74. The molecule has 0 aliphatic rings. The predicted octanol–water partition coefficient (Wildman–Crippen LogP) is 1.94. The molecular weight excluding hydrogens is 252 g/mol. The summed E-state index contributed by atoms with van der Waals surface area (Å²) in [6.45, 7) is 2.48. The number of nitrogens with zero attached hydrogens (tertiary/aromatic N) is 3. The van der Waals surface area contributed by atoms with Gasteiger partial charge in [0.2, 0.25) is 0 Å². The first kappa shape index (κ1) is 14.1. The minimum absolute atomic E-state index is 0.652. The summed E-state index contributed by atoms with van der Waals surface area (Å²) in [6, 6.07) is 9.52. The van der Waals surface area contributed by atoms with Crippen molar-refractivity contribution in [2.75, 3.05) is 13.7 Å². The maximum atomic E-state index is 8.92. The van der Waals surface area contributed by atoms with Gasteiger partial charge in [0.25, 0.3) is 0 Å². The molecule has 0 fully saturated rings. The van der Waals surface area contributed by atoms with E-state index < -0.39 is 0 Å². The lowest BCUT2D eigenvalue weighted by Gasteiger charge is -2.10. The molecule has 0 unspecified atom stereocenters. The van der Waals surface area contributed by atoms with Crippen LogP contribution in [0.5, 0.6) is 5.75 Å². The van der Waals surface area contributed by atoms with Crippen molar-refractivity contribution in [3.63, 3.8) is 0 Å². The van der Waals surface area contributed by atoms with Crippen LogP contribution in [-0.4, -0.2) is 23.4 Å². The zero-order chi connectivity index (χ0) is 14.2. The molecule has 1 aromatic carbocycles. The lowest BCUT2D eigenvalue weighted by atomic mass is 10.1. The van der Waals surface area contributed by atoms with Crippen molar-refractivity contribution in [1.82, 2.24) is 15.1 Å². The van der Waals surface area contributed by atoms with E-state index in [1.807, 2.05) is 29.1 Å². The van der Waals surface area contributed by atoms with Gasteiger partial charge in [0.15, 0.2) is 0 Å². The highest BCUT2D eigenvalue weighted by atomic mass is 16.5. The number of rotatable bonds is 7. The van der Waals surface area contributed by atoms with E-state index in [0.29, 0.717) is 12.1 Å². The van der Waals surface area contributed by atoms with Gasteiger partial charge < -0.3 is 10.1 Å². The molecule has 104 valence electrons. The standard InChI is InChI=1S/C15H18N4O/c1-20-15-5-4-13(11-16)10-14(15)12-17-6-2-8-19-9-3-7-18-19/h3-5,7,9-10,17H,2,6,8,12H2,1H3. The Morgan fingerprint density at radius 1 is 1.45 bits per heavy atom. The Bertz CT molecular complexity index is 572. The number of nitriles is 1. The van der Waals surface area contributed by atoms with Gasteiger partial charge in [0, 0.05) is 31.0 Å². The molecule has 0 atom stereocenters. The van der Waals surface area contributed by atoms with E-state index in [9.17, 15) is 0 Å². The summed E-state index contributed by atoms with van der Waals surface area (Å²) in [5.74, 6) is 0.809. The lowest BCUT2D eigenvalue weighted by molar-refractivity contribution is 0.407. The first-order chi connectivity index (χ1) is 9.83. The quantitative estimate of drug-likeness (QED) is 0.781. The summed E-state index contributed by atoms with van der Waals surface area (Å²) < 4.78 is 7.21. The molecule has 5 nitrogen and oxygen atoms in total. The van der Waals surface area contributed by atoms with Gasteiger partial charge in [0.1, 0.15) is 5.75 Å². The molecule has 0 spiro atoms. The van der Waals surface area contributed by atoms with Crippen LogP contribution in [0.15, 0.2) is 36.7 Å². The lowest BCUT2D eigenvalue weighted by Crippen LogP contribution is -2.17. The van der Waals surface area contributed by atoms with Crippen molar-refractivity contribution in [2.24, 2.45) is 0 Å². The molecular formula is C15H18N4O. The molecule has 0 saturated carbocycles. The molecule has 2 aromatic rings. The maximum absolute atomic E-state index is 8.92. The van der Waals surface area contributed by atoms with E-state index in [0.717, 1.165) is 30.8 Å². The maximum Gasteiger partial charge on any atom is 0.123 e. The molecule has 0 radical (unpaired) electrons. The topological polar surface area (TPSA) is 62.9 Å². The highest BCUT2D eigenvalue weighted by Crippen LogP contribution is 2.19. The Kier molecular flexibility index (Phi) is 5.15. The first-order valence-corrected chi connectivity index (χ1v) is 6.58. The highest BCUT2D eigenvalue weighted by molar-refractivity contribution is 5.41. The third kappa shape index (κ3) is 3.84. The van der Waals surface area contributed by atoms with Crippen LogP contribution in [0.25, 0.3) is 0 Å². The number of aromatic nitrogens is 2. The van der Waals surface area contributed by atoms with Gasteiger partial charge in [-0.05, 0) is 37.2 Å². The third-order valence-electron chi connectivity index (χ3n) is 3.02. The van der Waals surface area contributed by atoms with Crippen LogP contribution < -0.4 is 10.1 Å². The van der Waals surface area contributed by atoms with Gasteiger partial charge in [-0.15, -0.1) is 0 Å². The first-order valence-electron chi connectivity index (χ1n) is 6.58. The van der Waals surface area contributed by atoms with E-state index in [1.54, 1.807) is 19.4 Å². The van der Waals surface area contributed by atoms with E-state index in [-0.39, 0.29) is 0 Å². The number of methoxy groups -OCH3 is 1. The van der Waals surface area contributed by atoms with Crippen molar-refractivity contribution < 1.29 is 4.74 Å². The summed E-state index contributed by atoms with van der Waals surface area (Å²) in [7, 11) is 1.64. The number of nitrogens with one attached hydrogen (secondary N) is 1. The van der Waals surface area contributed by atoms with E-state index in [2.05, 4.69) is 16.5 Å². The fraction of sp³-hybridized carbons (Fsp3) is 0.333. The number of hydrogen-bond donors (Lipinski definition) is 1. The summed E-state index contributed by atoms with van der Waals surface area (Å²) >= 11 is 0. The third-order valence-corrected chi connectivity index (χ3v) is 3.02. The zero-order valence-electron chi connectivity index (χ0n) is 11.5. The van der Waals surface area contributed by atoms with Crippen molar-refractivity contribution in [3.05, 3.63) is 47.8 Å². The molecule has 1 heterocycles. The van der Waals surface area contributed by atoms with Gasteiger partial charge in [-0.1, -0.05) is 0 Å².